The van der Waals surface area contributed by atoms with Gasteiger partial charge in [-0.1, -0.05) is 0 Å². The first-order valence-electron chi connectivity index (χ1n) is 5.32. The van der Waals surface area contributed by atoms with Crippen LogP contribution in [0.1, 0.15) is 17.4 Å². The summed E-state index contributed by atoms with van der Waals surface area (Å²) in [4.78, 5) is 39.8. The Bertz CT molecular complexity index is 749. The summed E-state index contributed by atoms with van der Waals surface area (Å²) in [7, 11) is 0. The third-order valence-corrected chi connectivity index (χ3v) is 3.21. The summed E-state index contributed by atoms with van der Waals surface area (Å²) >= 11 is 1.16. The number of hydrogen-bond acceptors (Lipinski definition) is 6. The standard InChI is InChI=1S/C11H9N3O5S/c1-4(15)12-5-2-3-20-8(5)9-13-6(11(18)19)7(16)10(17)14-9/h2-3,16H,1H3,(H,12,15)(H,18,19)(H,13,14,17). The minimum absolute atomic E-state index is 0.0380. The zero-order valence-electron chi connectivity index (χ0n) is 10.1. The fourth-order valence-corrected chi connectivity index (χ4v) is 2.30. The number of rotatable bonds is 3. The van der Waals surface area contributed by atoms with Crippen molar-refractivity contribution in [3.63, 3.8) is 0 Å². The molecule has 2 aromatic rings. The van der Waals surface area contributed by atoms with E-state index in [9.17, 15) is 19.5 Å². The summed E-state index contributed by atoms with van der Waals surface area (Å²) < 4.78 is 0. The molecule has 2 heterocycles. The molecule has 0 fully saturated rings. The van der Waals surface area contributed by atoms with Gasteiger partial charge in [-0.15, -0.1) is 11.3 Å². The Morgan fingerprint density at radius 2 is 2.15 bits per heavy atom. The molecule has 0 saturated heterocycles. The Hall–Kier alpha value is -2.68. The molecule has 0 aromatic carbocycles. The monoisotopic (exact) mass is 295 g/mol. The van der Waals surface area contributed by atoms with Crippen LogP contribution in [0, 0.1) is 0 Å². The van der Waals surface area contributed by atoms with E-state index in [4.69, 9.17) is 5.11 Å². The van der Waals surface area contributed by atoms with E-state index >= 15 is 0 Å². The maximum atomic E-state index is 11.5. The summed E-state index contributed by atoms with van der Waals surface area (Å²) in [6.45, 7) is 1.32. The zero-order chi connectivity index (χ0) is 14.9. The SMILES string of the molecule is CC(=O)Nc1ccsc1-c1nc(C(=O)O)c(O)c(=O)[nH]1. The minimum Gasteiger partial charge on any atom is -0.501 e. The number of carboxylic acids is 1. The summed E-state index contributed by atoms with van der Waals surface area (Å²) in [6.07, 6.45) is 0. The van der Waals surface area contributed by atoms with Crippen molar-refractivity contribution >= 4 is 28.9 Å². The molecule has 2 aromatic heterocycles. The predicted molar refractivity (Wildman–Crippen MR) is 71.1 cm³/mol. The maximum Gasteiger partial charge on any atom is 0.358 e. The number of hydrogen-bond donors (Lipinski definition) is 4. The third kappa shape index (κ3) is 2.52. The second-order valence-electron chi connectivity index (χ2n) is 3.76. The van der Waals surface area contributed by atoms with E-state index in [1.807, 2.05) is 0 Å². The first-order valence-corrected chi connectivity index (χ1v) is 6.20. The number of H-pyrrole nitrogens is 1. The molecular weight excluding hydrogens is 286 g/mol. The molecule has 0 spiro atoms. The number of nitrogens with one attached hydrogen (secondary N) is 2. The summed E-state index contributed by atoms with van der Waals surface area (Å²) in [5.41, 5.74) is -1.31. The van der Waals surface area contributed by atoms with Crippen molar-refractivity contribution < 1.29 is 19.8 Å². The van der Waals surface area contributed by atoms with Gasteiger partial charge >= 0.3 is 5.97 Å². The van der Waals surface area contributed by atoms with Crippen LogP contribution >= 0.6 is 11.3 Å². The van der Waals surface area contributed by atoms with Gasteiger partial charge in [0, 0.05) is 6.92 Å². The van der Waals surface area contributed by atoms with E-state index in [1.54, 1.807) is 11.4 Å². The van der Waals surface area contributed by atoms with Gasteiger partial charge in [-0.05, 0) is 11.4 Å². The van der Waals surface area contributed by atoms with E-state index in [0.29, 0.717) is 10.6 Å². The molecule has 1 amide bonds. The van der Waals surface area contributed by atoms with Gasteiger partial charge in [0.15, 0.2) is 11.5 Å². The number of aromatic nitrogens is 2. The van der Waals surface area contributed by atoms with Crippen molar-refractivity contribution in [2.75, 3.05) is 5.32 Å². The highest BCUT2D eigenvalue weighted by atomic mass is 32.1. The molecule has 8 nitrogen and oxygen atoms in total. The van der Waals surface area contributed by atoms with E-state index in [0.717, 1.165) is 11.3 Å². The lowest BCUT2D eigenvalue weighted by Crippen LogP contribution is -2.15. The average molecular weight is 295 g/mol. The van der Waals surface area contributed by atoms with Crippen molar-refractivity contribution in [3.8, 4) is 16.5 Å². The number of nitrogens with zero attached hydrogens (tertiary/aromatic N) is 1. The molecule has 2 rings (SSSR count). The normalized spacial score (nSPS) is 10.2. The van der Waals surface area contributed by atoms with Crippen LogP contribution in [0.5, 0.6) is 5.75 Å². The number of carbonyl (C=O) groups is 2. The van der Waals surface area contributed by atoms with E-state index in [1.165, 1.54) is 6.92 Å². The van der Waals surface area contributed by atoms with Crippen molar-refractivity contribution in [2.45, 2.75) is 6.92 Å². The second-order valence-corrected chi connectivity index (χ2v) is 4.68. The molecule has 0 atom stereocenters. The van der Waals surface area contributed by atoms with Crippen LogP contribution in [0.4, 0.5) is 5.69 Å². The summed E-state index contributed by atoms with van der Waals surface area (Å²) in [6, 6.07) is 1.59. The lowest BCUT2D eigenvalue weighted by atomic mass is 10.3. The highest BCUT2D eigenvalue weighted by Gasteiger charge is 2.19. The van der Waals surface area contributed by atoms with E-state index < -0.39 is 23.0 Å². The molecule has 0 radical (unpaired) electrons. The van der Waals surface area contributed by atoms with Crippen LogP contribution in [-0.4, -0.2) is 32.1 Å². The number of aromatic amines is 1. The number of thiophene rings is 1. The molecule has 20 heavy (non-hydrogen) atoms. The van der Waals surface area contributed by atoms with Gasteiger partial charge in [0.2, 0.25) is 11.7 Å². The Balaban J connectivity index is 2.59. The number of aromatic carboxylic acids is 1. The highest BCUT2D eigenvalue weighted by Crippen LogP contribution is 2.31. The van der Waals surface area contributed by atoms with Crippen LogP contribution in [-0.2, 0) is 4.79 Å². The molecule has 0 saturated carbocycles. The third-order valence-electron chi connectivity index (χ3n) is 2.29. The van der Waals surface area contributed by atoms with Crippen LogP contribution in [0.25, 0.3) is 10.7 Å². The first-order chi connectivity index (χ1) is 9.40. The van der Waals surface area contributed by atoms with Crippen LogP contribution in [0.2, 0.25) is 0 Å². The number of anilines is 1. The molecule has 0 aliphatic heterocycles. The smallest absolute Gasteiger partial charge is 0.358 e. The van der Waals surface area contributed by atoms with Gasteiger partial charge in [-0.2, -0.15) is 0 Å². The van der Waals surface area contributed by atoms with Crippen LogP contribution < -0.4 is 10.9 Å². The van der Waals surface area contributed by atoms with Crippen LogP contribution in [0.15, 0.2) is 16.2 Å². The summed E-state index contributed by atoms with van der Waals surface area (Å²) in [5, 5.41) is 22.4. The molecule has 0 unspecified atom stereocenters. The van der Waals surface area contributed by atoms with E-state index in [-0.39, 0.29) is 11.7 Å². The molecule has 0 aliphatic rings. The Labute approximate surface area is 115 Å². The number of carbonyl (C=O) groups excluding carboxylic acids is 1. The van der Waals surface area contributed by atoms with Gasteiger partial charge < -0.3 is 20.5 Å². The molecular formula is C11H9N3O5S. The molecule has 9 heteroatoms. The van der Waals surface area contributed by atoms with Gasteiger partial charge in [0.05, 0.1) is 10.6 Å². The van der Waals surface area contributed by atoms with E-state index in [2.05, 4.69) is 15.3 Å². The van der Waals surface area contributed by atoms with Crippen LogP contribution in [0.3, 0.4) is 0 Å². The predicted octanol–water partition coefficient (Wildman–Crippen LogP) is 0.861. The van der Waals surface area contributed by atoms with Gasteiger partial charge in [-0.25, -0.2) is 9.78 Å². The quantitative estimate of drug-likeness (QED) is 0.664. The molecule has 4 N–H and O–H groups in total. The lowest BCUT2D eigenvalue weighted by molar-refractivity contribution is -0.114. The minimum atomic E-state index is -1.52. The largest absolute Gasteiger partial charge is 0.501 e. The maximum absolute atomic E-state index is 11.5. The van der Waals surface area contributed by atoms with Gasteiger partial charge in [0.1, 0.15) is 0 Å². The Kier molecular flexibility index (Phi) is 3.53. The van der Waals surface area contributed by atoms with Crippen molar-refractivity contribution in [1.82, 2.24) is 9.97 Å². The molecule has 0 bridgehead atoms. The Morgan fingerprint density at radius 1 is 1.45 bits per heavy atom. The summed E-state index contributed by atoms with van der Waals surface area (Å²) in [5.74, 6) is -2.83. The first kappa shape index (κ1) is 13.7. The second kappa shape index (κ2) is 5.13. The molecule has 104 valence electrons. The van der Waals surface area contributed by atoms with Crippen molar-refractivity contribution in [2.24, 2.45) is 0 Å². The Morgan fingerprint density at radius 3 is 2.75 bits per heavy atom. The highest BCUT2D eigenvalue weighted by molar-refractivity contribution is 7.14. The van der Waals surface area contributed by atoms with Crippen molar-refractivity contribution in [3.05, 3.63) is 27.5 Å². The number of carboxylic acid groups (broad SMARTS) is 1. The fourth-order valence-electron chi connectivity index (χ4n) is 1.50. The molecule has 0 aliphatic carbocycles. The number of aromatic hydroxyl groups is 1. The average Bonchev–Trinajstić information content (AvgIpc) is 2.79. The lowest BCUT2D eigenvalue weighted by Gasteiger charge is -2.05. The van der Waals surface area contributed by atoms with Crippen molar-refractivity contribution in [1.29, 1.82) is 0 Å². The number of amides is 1. The fraction of sp³-hybridized carbons (Fsp3) is 0.0909. The van der Waals surface area contributed by atoms with Gasteiger partial charge in [0.25, 0.3) is 5.56 Å². The van der Waals surface area contributed by atoms with Gasteiger partial charge in [-0.3, -0.25) is 9.59 Å². The topological polar surface area (TPSA) is 132 Å². The zero-order valence-corrected chi connectivity index (χ0v) is 10.9.